The summed E-state index contributed by atoms with van der Waals surface area (Å²) >= 11 is 0. The summed E-state index contributed by atoms with van der Waals surface area (Å²) < 4.78 is 10.9. The average Bonchev–Trinajstić information content (AvgIpc) is 3.10. The number of aromatic nitrogens is 1. The van der Waals surface area contributed by atoms with E-state index >= 15 is 0 Å². The topological polar surface area (TPSA) is 97.8 Å². The first-order chi connectivity index (χ1) is 12.4. The molecule has 2 aromatic rings. The van der Waals surface area contributed by atoms with Crippen LogP contribution in [0.1, 0.15) is 24.0 Å². The van der Waals surface area contributed by atoms with Crippen LogP contribution >= 0.6 is 0 Å². The van der Waals surface area contributed by atoms with Crippen molar-refractivity contribution in [1.82, 2.24) is 4.98 Å². The molecule has 0 unspecified atom stereocenters. The summed E-state index contributed by atoms with van der Waals surface area (Å²) in [6.07, 6.45) is 0.511. The van der Waals surface area contributed by atoms with Crippen molar-refractivity contribution in [3.8, 4) is 11.6 Å². The number of nitrogens with zero attached hydrogens (tertiary/aromatic N) is 1. The third kappa shape index (κ3) is 4.18. The Kier molecular flexibility index (Phi) is 5.18. The van der Waals surface area contributed by atoms with Crippen LogP contribution < -0.4 is 10.1 Å². The van der Waals surface area contributed by atoms with Crippen LogP contribution in [0.5, 0.6) is 11.6 Å². The number of amides is 1. The fraction of sp³-hybridized carbons (Fsp3) is 0.316. The molecule has 0 saturated carbocycles. The molecule has 1 fully saturated rings. The molecule has 1 amide bonds. The number of carboxylic acids is 1. The van der Waals surface area contributed by atoms with E-state index in [-0.39, 0.29) is 5.91 Å². The Hall–Kier alpha value is -2.93. The maximum Gasteiger partial charge on any atom is 0.332 e. The van der Waals surface area contributed by atoms with Crippen LogP contribution in [0.25, 0.3) is 0 Å². The smallest absolute Gasteiger partial charge is 0.332 e. The van der Waals surface area contributed by atoms with Crippen LogP contribution in [-0.2, 0) is 14.3 Å². The Balaban J connectivity index is 1.58. The minimum absolute atomic E-state index is 0.328. The zero-order valence-electron chi connectivity index (χ0n) is 14.6. The minimum Gasteiger partial charge on any atom is -0.479 e. The standard InChI is InChI=1S/C19H20N2O5/c1-11-3-5-14(9-12(11)2)25-17-8-4-13(10-20-17)21-18(22)15-6-7-16(26-15)19(23)24/h3-5,8-10,15-16H,6-7H2,1-2H3,(H,21,22)(H,23,24)/t15-,16+/m0/s1. The second-order valence-corrected chi connectivity index (χ2v) is 6.25. The Labute approximate surface area is 151 Å². The van der Waals surface area contributed by atoms with Crippen LogP contribution in [0.2, 0.25) is 0 Å². The van der Waals surface area contributed by atoms with Gasteiger partial charge in [-0.15, -0.1) is 0 Å². The Morgan fingerprint density at radius 3 is 2.54 bits per heavy atom. The first-order valence-corrected chi connectivity index (χ1v) is 8.32. The maximum atomic E-state index is 12.1. The highest BCUT2D eigenvalue weighted by atomic mass is 16.5. The normalized spacial score (nSPS) is 19.2. The molecule has 1 aromatic heterocycles. The van der Waals surface area contributed by atoms with Crippen molar-refractivity contribution in [2.75, 3.05) is 5.32 Å². The Morgan fingerprint density at radius 1 is 1.15 bits per heavy atom. The first kappa shape index (κ1) is 17.9. The van der Waals surface area contributed by atoms with Crippen molar-refractivity contribution >= 4 is 17.6 Å². The molecular weight excluding hydrogens is 336 g/mol. The molecule has 2 heterocycles. The molecule has 3 rings (SSSR count). The molecule has 2 atom stereocenters. The number of aliphatic carboxylic acids is 1. The quantitative estimate of drug-likeness (QED) is 0.854. The van der Waals surface area contributed by atoms with E-state index in [1.165, 1.54) is 11.8 Å². The summed E-state index contributed by atoms with van der Waals surface area (Å²) in [5.74, 6) is -0.320. The Morgan fingerprint density at radius 2 is 1.92 bits per heavy atom. The number of benzene rings is 1. The molecule has 1 aromatic carbocycles. The monoisotopic (exact) mass is 356 g/mol. The van der Waals surface area contributed by atoms with Gasteiger partial charge < -0.3 is 19.9 Å². The number of pyridine rings is 1. The summed E-state index contributed by atoms with van der Waals surface area (Å²) in [5, 5.41) is 11.6. The van der Waals surface area contributed by atoms with Crippen LogP contribution in [0.4, 0.5) is 5.69 Å². The van der Waals surface area contributed by atoms with Gasteiger partial charge in [0.2, 0.25) is 5.88 Å². The maximum absolute atomic E-state index is 12.1. The van der Waals surface area contributed by atoms with Crippen molar-refractivity contribution in [1.29, 1.82) is 0 Å². The second-order valence-electron chi connectivity index (χ2n) is 6.25. The predicted octanol–water partition coefficient (Wildman–Crippen LogP) is 3.06. The number of aryl methyl sites for hydroxylation is 2. The van der Waals surface area contributed by atoms with Crippen LogP contribution in [-0.4, -0.2) is 34.2 Å². The molecule has 1 aliphatic rings. The van der Waals surface area contributed by atoms with Gasteiger partial charge in [-0.1, -0.05) is 6.07 Å². The van der Waals surface area contributed by atoms with Gasteiger partial charge in [-0.25, -0.2) is 9.78 Å². The van der Waals surface area contributed by atoms with Gasteiger partial charge in [0, 0.05) is 6.07 Å². The van der Waals surface area contributed by atoms with Crippen LogP contribution in [0, 0.1) is 13.8 Å². The van der Waals surface area contributed by atoms with E-state index in [4.69, 9.17) is 14.6 Å². The summed E-state index contributed by atoms with van der Waals surface area (Å²) in [5.41, 5.74) is 2.80. The number of carbonyl (C=O) groups excluding carboxylic acids is 1. The third-order valence-corrected chi connectivity index (χ3v) is 4.29. The van der Waals surface area contributed by atoms with Crippen molar-refractivity contribution in [2.45, 2.75) is 38.9 Å². The van der Waals surface area contributed by atoms with Crippen LogP contribution in [0.3, 0.4) is 0 Å². The zero-order valence-corrected chi connectivity index (χ0v) is 14.6. The number of anilines is 1. The molecule has 7 nitrogen and oxygen atoms in total. The summed E-state index contributed by atoms with van der Waals surface area (Å²) in [4.78, 5) is 27.2. The zero-order chi connectivity index (χ0) is 18.7. The molecule has 136 valence electrons. The fourth-order valence-electron chi connectivity index (χ4n) is 2.65. The molecule has 1 saturated heterocycles. The number of hydrogen-bond donors (Lipinski definition) is 2. The van der Waals surface area contributed by atoms with Gasteiger partial charge in [0.15, 0.2) is 6.10 Å². The van der Waals surface area contributed by atoms with E-state index in [0.29, 0.717) is 30.2 Å². The average molecular weight is 356 g/mol. The highest BCUT2D eigenvalue weighted by Gasteiger charge is 2.34. The molecule has 0 bridgehead atoms. The Bertz CT molecular complexity index is 819. The van der Waals surface area contributed by atoms with Gasteiger partial charge in [-0.3, -0.25) is 4.79 Å². The highest BCUT2D eigenvalue weighted by Crippen LogP contribution is 2.24. The highest BCUT2D eigenvalue weighted by molar-refractivity contribution is 5.94. The van der Waals surface area contributed by atoms with Crippen LogP contribution in [0.15, 0.2) is 36.5 Å². The van der Waals surface area contributed by atoms with E-state index in [1.54, 1.807) is 12.1 Å². The molecule has 26 heavy (non-hydrogen) atoms. The van der Waals surface area contributed by atoms with Crippen molar-refractivity contribution < 1.29 is 24.2 Å². The molecule has 2 N–H and O–H groups in total. The fourth-order valence-corrected chi connectivity index (χ4v) is 2.65. The lowest BCUT2D eigenvalue weighted by Crippen LogP contribution is -2.29. The van der Waals surface area contributed by atoms with Gasteiger partial charge in [-0.2, -0.15) is 0 Å². The largest absolute Gasteiger partial charge is 0.479 e. The molecule has 0 spiro atoms. The lowest BCUT2D eigenvalue weighted by molar-refractivity contribution is -0.150. The van der Waals surface area contributed by atoms with Crippen molar-refractivity contribution in [3.05, 3.63) is 47.7 Å². The van der Waals surface area contributed by atoms with Crippen molar-refractivity contribution in [3.63, 3.8) is 0 Å². The van der Waals surface area contributed by atoms with Gasteiger partial charge >= 0.3 is 5.97 Å². The summed E-state index contributed by atoms with van der Waals surface area (Å²) in [6, 6.07) is 9.11. The number of carboxylic acid groups (broad SMARTS) is 1. The minimum atomic E-state index is -1.05. The molecular formula is C19H20N2O5. The number of ether oxygens (including phenoxy) is 2. The number of carbonyl (C=O) groups is 2. The van der Waals surface area contributed by atoms with Gasteiger partial charge in [0.1, 0.15) is 11.9 Å². The summed E-state index contributed by atoms with van der Waals surface area (Å²) in [6.45, 7) is 4.04. The SMILES string of the molecule is Cc1ccc(Oc2ccc(NC(=O)[C@@H]3CC[C@H](C(=O)O)O3)cn2)cc1C. The van der Waals surface area contributed by atoms with Crippen molar-refractivity contribution in [2.24, 2.45) is 0 Å². The molecule has 0 aliphatic carbocycles. The number of nitrogens with one attached hydrogen (secondary N) is 1. The molecule has 7 heteroatoms. The lowest BCUT2D eigenvalue weighted by Gasteiger charge is -2.12. The third-order valence-electron chi connectivity index (χ3n) is 4.29. The van der Waals surface area contributed by atoms with Gasteiger partial charge in [-0.05, 0) is 56.0 Å². The predicted molar refractivity (Wildman–Crippen MR) is 94.4 cm³/mol. The lowest BCUT2D eigenvalue weighted by atomic mass is 10.1. The second kappa shape index (κ2) is 7.53. The van der Waals surface area contributed by atoms with E-state index in [2.05, 4.69) is 10.3 Å². The van der Waals surface area contributed by atoms with E-state index < -0.39 is 18.2 Å². The number of rotatable bonds is 5. The summed E-state index contributed by atoms with van der Waals surface area (Å²) in [7, 11) is 0. The first-order valence-electron chi connectivity index (χ1n) is 8.32. The van der Waals surface area contributed by atoms with E-state index in [0.717, 1.165) is 5.56 Å². The van der Waals surface area contributed by atoms with Gasteiger partial charge in [0.05, 0.1) is 11.9 Å². The van der Waals surface area contributed by atoms with E-state index in [9.17, 15) is 9.59 Å². The van der Waals surface area contributed by atoms with Gasteiger partial charge in [0.25, 0.3) is 5.91 Å². The molecule has 0 radical (unpaired) electrons. The van der Waals surface area contributed by atoms with E-state index in [1.807, 2.05) is 32.0 Å². The molecule has 1 aliphatic heterocycles. The number of hydrogen-bond acceptors (Lipinski definition) is 5.